The van der Waals surface area contributed by atoms with Crippen LogP contribution in [-0.2, 0) is 16.0 Å². The molecule has 1 aliphatic heterocycles. The van der Waals surface area contributed by atoms with Gasteiger partial charge in [-0.15, -0.1) is 0 Å². The number of urea groups is 1. The lowest BCUT2D eigenvalue weighted by atomic mass is 10.3. The van der Waals surface area contributed by atoms with E-state index in [0.717, 1.165) is 0 Å². The molecule has 9 heteroatoms. The smallest absolute Gasteiger partial charge is 0.356 e. The van der Waals surface area contributed by atoms with Gasteiger partial charge in [-0.05, 0) is 0 Å². The van der Waals surface area contributed by atoms with Crippen LogP contribution < -0.4 is 10.6 Å². The number of carbonyl (C=O) groups excluding carboxylic acids is 1. The van der Waals surface area contributed by atoms with Crippen molar-refractivity contribution in [3.05, 3.63) is 18.2 Å². The van der Waals surface area contributed by atoms with E-state index in [4.69, 9.17) is 14.6 Å². The van der Waals surface area contributed by atoms with Crippen LogP contribution in [0.15, 0.2) is 12.5 Å². The molecule has 2 amide bonds. The minimum absolute atomic E-state index is 0.0195. The van der Waals surface area contributed by atoms with Crippen molar-refractivity contribution in [2.75, 3.05) is 32.9 Å². The van der Waals surface area contributed by atoms with Gasteiger partial charge in [0.2, 0.25) is 0 Å². The maximum Gasteiger partial charge on any atom is 0.356 e. The van der Waals surface area contributed by atoms with Crippen LogP contribution in [0.1, 0.15) is 10.5 Å². The van der Waals surface area contributed by atoms with Gasteiger partial charge in [-0.2, -0.15) is 0 Å². The molecule has 1 saturated heterocycles. The first kappa shape index (κ1) is 15.3. The number of carbonyl (C=O) groups is 2. The second-order valence-corrected chi connectivity index (χ2v) is 4.51. The average Bonchev–Trinajstić information content (AvgIpc) is 2.95. The first-order chi connectivity index (χ1) is 10.1. The number of hydrogen-bond acceptors (Lipinski definition) is 5. The summed E-state index contributed by atoms with van der Waals surface area (Å²) >= 11 is 0. The van der Waals surface area contributed by atoms with Gasteiger partial charge in [0.15, 0.2) is 5.69 Å². The number of amides is 2. The topological polar surface area (TPSA) is 115 Å². The summed E-state index contributed by atoms with van der Waals surface area (Å²) in [5.74, 6) is -1.07. The number of rotatable bonds is 6. The normalized spacial score (nSPS) is 18.2. The van der Waals surface area contributed by atoms with Gasteiger partial charge < -0.3 is 29.8 Å². The van der Waals surface area contributed by atoms with Gasteiger partial charge in [0.1, 0.15) is 0 Å². The Morgan fingerprint density at radius 1 is 1.43 bits per heavy atom. The third kappa shape index (κ3) is 5.04. The summed E-state index contributed by atoms with van der Waals surface area (Å²) in [6.07, 6.45) is 2.71. The molecule has 2 rings (SSSR count). The maximum atomic E-state index is 11.6. The molecule has 1 atom stereocenters. The van der Waals surface area contributed by atoms with Crippen LogP contribution in [0.4, 0.5) is 4.79 Å². The highest BCUT2D eigenvalue weighted by Gasteiger charge is 2.14. The molecule has 9 nitrogen and oxygen atoms in total. The zero-order valence-electron chi connectivity index (χ0n) is 11.4. The van der Waals surface area contributed by atoms with Gasteiger partial charge in [-0.1, -0.05) is 0 Å². The van der Waals surface area contributed by atoms with Crippen molar-refractivity contribution >= 4 is 12.0 Å². The Morgan fingerprint density at radius 2 is 2.29 bits per heavy atom. The molecular formula is C12H18N4O5. The fourth-order valence-electron chi connectivity index (χ4n) is 1.81. The van der Waals surface area contributed by atoms with E-state index < -0.39 is 5.97 Å². The molecule has 0 saturated carbocycles. The molecule has 2 heterocycles. The van der Waals surface area contributed by atoms with Gasteiger partial charge in [0, 0.05) is 25.8 Å². The summed E-state index contributed by atoms with van der Waals surface area (Å²) in [5.41, 5.74) is -0.0195. The van der Waals surface area contributed by atoms with Gasteiger partial charge >= 0.3 is 12.0 Å². The van der Waals surface area contributed by atoms with E-state index in [9.17, 15) is 9.59 Å². The van der Waals surface area contributed by atoms with Crippen LogP contribution in [-0.4, -0.2) is 65.7 Å². The zero-order valence-corrected chi connectivity index (χ0v) is 11.4. The highest BCUT2D eigenvalue weighted by Crippen LogP contribution is 1.98. The largest absolute Gasteiger partial charge is 0.476 e. The maximum absolute atomic E-state index is 11.6. The van der Waals surface area contributed by atoms with Crippen molar-refractivity contribution in [1.82, 2.24) is 20.2 Å². The number of imidazole rings is 1. The van der Waals surface area contributed by atoms with Crippen molar-refractivity contribution in [3.8, 4) is 0 Å². The third-order valence-corrected chi connectivity index (χ3v) is 2.88. The molecule has 1 fully saturated rings. The lowest BCUT2D eigenvalue weighted by molar-refractivity contribution is -0.0853. The molecule has 116 valence electrons. The Balaban J connectivity index is 1.61. The second kappa shape index (κ2) is 7.60. The van der Waals surface area contributed by atoms with Crippen molar-refractivity contribution in [2.24, 2.45) is 0 Å². The standard InChI is InChI=1S/C12H18N4O5/c17-11(18)10-6-16(8-15-10)2-1-13-12(19)14-5-9-7-20-3-4-21-9/h6,8-9H,1-5,7H2,(H,17,18)(H2,13,14,19). The van der Waals surface area contributed by atoms with E-state index in [-0.39, 0.29) is 17.8 Å². The Morgan fingerprint density at radius 3 is 2.95 bits per heavy atom. The van der Waals surface area contributed by atoms with E-state index in [0.29, 0.717) is 39.5 Å². The highest BCUT2D eigenvalue weighted by atomic mass is 16.6. The molecule has 0 bridgehead atoms. The summed E-state index contributed by atoms with van der Waals surface area (Å²) < 4.78 is 12.2. The van der Waals surface area contributed by atoms with Gasteiger partial charge in [-0.25, -0.2) is 14.6 Å². The number of hydrogen-bond donors (Lipinski definition) is 3. The number of carboxylic acids is 1. The molecule has 0 spiro atoms. The summed E-state index contributed by atoms with van der Waals surface area (Å²) in [5, 5.41) is 14.1. The van der Waals surface area contributed by atoms with Crippen LogP contribution in [0, 0.1) is 0 Å². The summed E-state index contributed by atoms with van der Waals surface area (Å²) in [6.45, 7) is 2.81. The van der Waals surface area contributed by atoms with E-state index in [1.165, 1.54) is 12.5 Å². The van der Waals surface area contributed by atoms with Crippen LogP contribution >= 0.6 is 0 Å². The minimum atomic E-state index is -1.07. The molecule has 0 aromatic carbocycles. The fraction of sp³-hybridized carbons (Fsp3) is 0.583. The number of aromatic carboxylic acids is 1. The van der Waals surface area contributed by atoms with Crippen molar-refractivity contribution in [2.45, 2.75) is 12.6 Å². The molecule has 0 radical (unpaired) electrons. The summed E-state index contributed by atoms with van der Waals surface area (Å²) in [6, 6.07) is -0.303. The first-order valence-corrected chi connectivity index (χ1v) is 6.61. The summed E-state index contributed by atoms with van der Waals surface area (Å²) in [4.78, 5) is 25.9. The second-order valence-electron chi connectivity index (χ2n) is 4.51. The van der Waals surface area contributed by atoms with Gasteiger partial charge in [-0.3, -0.25) is 0 Å². The molecule has 3 N–H and O–H groups in total. The van der Waals surface area contributed by atoms with Gasteiger partial charge in [0.05, 0.1) is 32.3 Å². The monoisotopic (exact) mass is 298 g/mol. The third-order valence-electron chi connectivity index (χ3n) is 2.88. The Bertz CT molecular complexity index is 484. The highest BCUT2D eigenvalue weighted by molar-refractivity contribution is 5.84. The number of nitrogens with zero attached hydrogens (tertiary/aromatic N) is 2. The Hall–Kier alpha value is -2.13. The molecule has 1 aliphatic rings. The molecule has 1 unspecified atom stereocenters. The van der Waals surface area contributed by atoms with E-state index in [1.807, 2.05) is 0 Å². The Labute approximate surface area is 121 Å². The minimum Gasteiger partial charge on any atom is -0.476 e. The number of carboxylic acid groups (broad SMARTS) is 1. The van der Waals surface area contributed by atoms with Crippen LogP contribution in [0.5, 0.6) is 0 Å². The predicted molar refractivity (Wildman–Crippen MR) is 71.1 cm³/mol. The van der Waals surface area contributed by atoms with E-state index in [1.54, 1.807) is 4.57 Å². The van der Waals surface area contributed by atoms with Crippen LogP contribution in [0.2, 0.25) is 0 Å². The molecule has 21 heavy (non-hydrogen) atoms. The van der Waals surface area contributed by atoms with Crippen molar-refractivity contribution in [3.63, 3.8) is 0 Å². The molecule has 1 aromatic heterocycles. The SMILES string of the molecule is O=C(NCCn1cnc(C(=O)O)c1)NCC1COCCO1. The average molecular weight is 298 g/mol. The number of aromatic nitrogens is 2. The lowest BCUT2D eigenvalue weighted by Gasteiger charge is -2.23. The Kier molecular flexibility index (Phi) is 5.52. The van der Waals surface area contributed by atoms with Crippen LogP contribution in [0.25, 0.3) is 0 Å². The van der Waals surface area contributed by atoms with Gasteiger partial charge in [0.25, 0.3) is 0 Å². The lowest BCUT2D eigenvalue weighted by Crippen LogP contribution is -2.44. The molecular weight excluding hydrogens is 280 g/mol. The first-order valence-electron chi connectivity index (χ1n) is 6.61. The van der Waals surface area contributed by atoms with Crippen molar-refractivity contribution in [1.29, 1.82) is 0 Å². The van der Waals surface area contributed by atoms with E-state index in [2.05, 4.69) is 15.6 Å². The molecule has 0 aliphatic carbocycles. The van der Waals surface area contributed by atoms with E-state index >= 15 is 0 Å². The van der Waals surface area contributed by atoms with Crippen molar-refractivity contribution < 1.29 is 24.2 Å². The fourth-order valence-corrected chi connectivity index (χ4v) is 1.81. The van der Waals surface area contributed by atoms with Crippen LogP contribution in [0.3, 0.4) is 0 Å². The molecule has 1 aromatic rings. The summed E-state index contributed by atoms with van der Waals surface area (Å²) in [7, 11) is 0. The quantitative estimate of drug-likeness (QED) is 0.639. The predicted octanol–water partition coefficient (Wildman–Crippen LogP) is -0.704. The zero-order chi connectivity index (χ0) is 15.1. The number of ether oxygens (including phenoxy) is 2. The number of nitrogens with one attached hydrogen (secondary N) is 2.